The van der Waals surface area contributed by atoms with Gasteiger partial charge in [0, 0.05) is 18.8 Å². The third-order valence-corrected chi connectivity index (χ3v) is 5.19. The van der Waals surface area contributed by atoms with Gasteiger partial charge in [0.25, 0.3) is 0 Å². The molecule has 9 nitrogen and oxygen atoms in total. The van der Waals surface area contributed by atoms with E-state index in [1.54, 1.807) is 10.7 Å². The molecular weight excluding hydrogens is 402 g/mol. The predicted octanol–water partition coefficient (Wildman–Crippen LogP) is 0.699. The van der Waals surface area contributed by atoms with E-state index in [1.807, 2.05) is 18.2 Å². The Kier molecular flexibility index (Phi) is 4.47. The van der Waals surface area contributed by atoms with Crippen molar-refractivity contribution in [2.75, 3.05) is 31.6 Å². The standard InChI is InChI=1S/C16H18BrN7O2/c17-12-9-19-13(14-20-10-21-24(12)14)22-11-2-1-3-16(8-11,15(18)25)23-4-6-26-7-5-23/h1-2,8-10H,3-7H2,(H2,18,25)(H,19,22). The Morgan fingerprint density at radius 2 is 2.15 bits per heavy atom. The molecule has 2 aromatic heterocycles. The first-order chi connectivity index (χ1) is 12.6. The molecule has 0 saturated carbocycles. The molecule has 136 valence electrons. The number of allylic oxidation sites excluding steroid dienone is 1. The largest absolute Gasteiger partial charge is 0.379 e. The lowest BCUT2D eigenvalue weighted by atomic mass is 9.86. The number of aromatic nitrogens is 4. The van der Waals surface area contributed by atoms with E-state index in [2.05, 4.69) is 41.2 Å². The summed E-state index contributed by atoms with van der Waals surface area (Å²) in [5.74, 6) is 0.170. The number of amides is 1. The van der Waals surface area contributed by atoms with Crippen molar-refractivity contribution in [3.05, 3.63) is 41.1 Å². The molecule has 0 aromatic carbocycles. The highest BCUT2D eigenvalue weighted by Gasteiger charge is 2.42. The number of carbonyl (C=O) groups is 1. The Morgan fingerprint density at radius 1 is 1.35 bits per heavy atom. The lowest BCUT2D eigenvalue weighted by Crippen LogP contribution is -2.60. The van der Waals surface area contributed by atoms with Gasteiger partial charge in [-0.15, -0.1) is 0 Å². The maximum atomic E-state index is 12.4. The number of rotatable bonds is 4. The average molecular weight is 420 g/mol. The highest BCUT2D eigenvalue weighted by Crippen LogP contribution is 2.30. The fourth-order valence-electron chi connectivity index (χ4n) is 3.33. The number of morpholine rings is 1. The summed E-state index contributed by atoms with van der Waals surface area (Å²) in [6.45, 7) is 2.49. The number of halogens is 1. The van der Waals surface area contributed by atoms with Crippen LogP contribution in [0.1, 0.15) is 6.42 Å². The second-order valence-corrected chi connectivity index (χ2v) is 6.96. The van der Waals surface area contributed by atoms with Gasteiger partial charge in [0.1, 0.15) is 16.5 Å². The van der Waals surface area contributed by atoms with Crippen LogP contribution in [0.5, 0.6) is 0 Å². The molecule has 26 heavy (non-hydrogen) atoms. The van der Waals surface area contributed by atoms with Gasteiger partial charge in [0.15, 0.2) is 11.5 Å². The van der Waals surface area contributed by atoms with Crippen LogP contribution in [-0.2, 0) is 9.53 Å². The van der Waals surface area contributed by atoms with E-state index in [0.29, 0.717) is 48.8 Å². The Morgan fingerprint density at radius 3 is 2.92 bits per heavy atom. The number of primary amides is 1. The van der Waals surface area contributed by atoms with Crippen LogP contribution in [0.4, 0.5) is 5.82 Å². The van der Waals surface area contributed by atoms with Crippen LogP contribution in [0.25, 0.3) is 5.65 Å². The van der Waals surface area contributed by atoms with E-state index >= 15 is 0 Å². The molecule has 1 saturated heterocycles. The number of nitrogens with zero attached hydrogens (tertiary/aromatic N) is 5. The van der Waals surface area contributed by atoms with Gasteiger partial charge in [-0.05, 0) is 34.5 Å². The molecular formula is C16H18BrN7O2. The lowest BCUT2D eigenvalue weighted by Gasteiger charge is -2.42. The summed E-state index contributed by atoms with van der Waals surface area (Å²) in [7, 11) is 0. The second-order valence-electron chi connectivity index (χ2n) is 6.14. The molecule has 1 aliphatic heterocycles. The number of ether oxygens (including phenoxy) is 1. The Hall–Kier alpha value is -2.30. The quantitative estimate of drug-likeness (QED) is 0.749. The average Bonchev–Trinajstić information content (AvgIpc) is 3.16. The lowest BCUT2D eigenvalue weighted by molar-refractivity contribution is -0.130. The van der Waals surface area contributed by atoms with Crippen molar-refractivity contribution in [2.24, 2.45) is 5.73 Å². The third kappa shape index (κ3) is 2.89. The Balaban J connectivity index is 1.69. The molecule has 1 unspecified atom stereocenters. The molecule has 3 heterocycles. The molecule has 4 rings (SSSR count). The van der Waals surface area contributed by atoms with Crippen LogP contribution in [0.3, 0.4) is 0 Å². The monoisotopic (exact) mass is 419 g/mol. The van der Waals surface area contributed by atoms with Gasteiger partial charge in [-0.3, -0.25) is 9.69 Å². The molecule has 1 amide bonds. The smallest absolute Gasteiger partial charge is 0.242 e. The van der Waals surface area contributed by atoms with Gasteiger partial charge in [-0.2, -0.15) is 5.10 Å². The molecule has 0 radical (unpaired) electrons. The van der Waals surface area contributed by atoms with Crippen molar-refractivity contribution >= 4 is 33.3 Å². The molecule has 1 aliphatic carbocycles. The number of hydrogen-bond acceptors (Lipinski definition) is 7. The van der Waals surface area contributed by atoms with E-state index in [-0.39, 0.29) is 5.91 Å². The minimum Gasteiger partial charge on any atom is -0.379 e. The fourth-order valence-corrected chi connectivity index (χ4v) is 3.69. The molecule has 10 heteroatoms. The van der Waals surface area contributed by atoms with Crippen molar-refractivity contribution in [1.82, 2.24) is 24.5 Å². The zero-order valence-corrected chi connectivity index (χ0v) is 15.5. The summed E-state index contributed by atoms with van der Waals surface area (Å²) in [5.41, 5.74) is 6.25. The van der Waals surface area contributed by atoms with Crippen molar-refractivity contribution in [3.63, 3.8) is 0 Å². The summed E-state index contributed by atoms with van der Waals surface area (Å²) in [6, 6.07) is 0. The van der Waals surface area contributed by atoms with Crippen molar-refractivity contribution in [3.8, 4) is 0 Å². The Bertz CT molecular complexity index is 903. The minimum absolute atomic E-state index is 0.376. The van der Waals surface area contributed by atoms with Gasteiger partial charge in [0.2, 0.25) is 5.91 Å². The van der Waals surface area contributed by atoms with Crippen molar-refractivity contribution in [1.29, 1.82) is 0 Å². The first-order valence-corrected chi connectivity index (χ1v) is 9.03. The molecule has 1 atom stereocenters. The highest BCUT2D eigenvalue weighted by molar-refractivity contribution is 9.10. The van der Waals surface area contributed by atoms with Gasteiger partial charge < -0.3 is 15.8 Å². The van der Waals surface area contributed by atoms with E-state index in [1.165, 1.54) is 6.33 Å². The first kappa shape index (κ1) is 17.1. The summed E-state index contributed by atoms with van der Waals surface area (Å²) in [6.07, 6.45) is 9.36. The third-order valence-electron chi connectivity index (χ3n) is 4.65. The first-order valence-electron chi connectivity index (χ1n) is 8.23. The molecule has 0 bridgehead atoms. The van der Waals surface area contributed by atoms with E-state index in [9.17, 15) is 4.79 Å². The predicted molar refractivity (Wildman–Crippen MR) is 98.3 cm³/mol. The minimum atomic E-state index is -0.875. The number of nitrogens with two attached hydrogens (primary N) is 1. The van der Waals surface area contributed by atoms with Gasteiger partial charge in [0.05, 0.1) is 19.4 Å². The molecule has 1 fully saturated rings. The summed E-state index contributed by atoms with van der Waals surface area (Å²) < 4.78 is 7.74. The van der Waals surface area contributed by atoms with Gasteiger partial charge in [-0.1, -0.05) is 6.08 Å². The zero-order valence-electron chi connectivity index (χ0n) is 13.9. The van der Waals surface area contributed by atoms with E-state index < -0.39 is 5.54 Å². The molecule has 2 aromatic rings. The summed E-state index contributed by atoms with van der Waals surface area (Å²) >= 11 is 3.39. The summed E-state index contributed by atoms with van der Waals surface area (Å²) in [4.78, 5) is 23.1. The van der Waals surface area contributed by atoms with E-state index in [0.717, 1.165) is 5.70 Å². The summed E-state index contributed by atoms with van der Waals surface area (Å²) in [5, 5.41) is 7.39. The van der Waals surface area contributed by atoms with Crippen molar-refractivity contribution in [2.45, 2.75) is 12.0 Å². The van der Waals surface area contributed by atoms with Crippen LogP contribution in [0, 0.1) is 0 Å². The SMILES string of the molecule is NC(=O)C1(N2CCOCC2)C=C(Nc2ncc(Br)n3ncnc23)C=CC1. The number of nitrogens with one attached hydrogen (secondary N) is 1. The van der Waals surface area contributed by atoms with Crippen LogP contribution < -0.4 is 11.1 Å². The van der Waals surface area contributed by atoms with Gasteiger partial charge >= 0.3 is 0 Å². The zero-order chi connectivity index (χ0) is 18.1. The molecule has 2 aliphatic rings. The van der Waals surface area contributed by atoms with Crippen LogP contribution in [0.2, 0.25) is 0 Å². The Labute approximate surface area is 158 Å². The number of hydrogen-bond donors (Lipinski definition) is 2. The van der Waals surface area contributed by atoms with Gasteiger partial charge in [-0.25, -0.2) is 14.5 Å². The fraction of sp³-hybridized carbons (Fsp3) is 0.375. The molecule has 0 spiro atoms. The topological polar surface area (TPSA) is 111 Å². The number of fused-ring (bicyclic) bond motifs is 1. The van der Waals surface area contributed by atoms with E-state index in [4.69, 9.17) is 10.5 Å². The van der Waals surface area contributed by atoms with Crippen molar-refractivity contribution < 1.29 is 9.53 Å². The maximum absolute atomic E-state index is 12.4. The molecule has 3 N–H and O–H groups in total. The van der Waals surface area contributed by atoms with Crippen LogP contribution in [-0.4, -0.2) is 62.2 Å². The second kappa shape index (κ2) is 6.78. The number of carbonyl (C=O) groups excluding carboxylic acids is 1. The normalized spacial score (nSPS) is 23.8. The number of anilines is 1. The van der Waals surface area contributed by atoms with Crippen LogP contribution >= 0.6 is 15.9 Å². The highest BCUT2D eigenvalue weighted by atomic mass is 79.9. The maximum Gasteiger partial charge on any atom is 0.242 e. The van der Waals surface area contributed by atoms with Crippen LogP contribution in [0.15, 0.2) is 41.1 Å².